The molecule has 18 heavy (non-hydrogen) atoms. The van der Waals surface area contributed by atoms with E-state index in [4.69, 9.17) is 9.84 Å². The van der Waals surface area contributed by atoms with Gasteiger partial charge in [-0.25, -0.2) is 8.42 Å². The fraction of sp³-hybridized carbons (Fsp3) is 0.909. The molecule has 0 aliphatic carbocycles. The highest BCUT2D eigenvalue weighted by molar-refractivity contribution is 7.92. The molecule has 0 saturated carbocycles. The Balaban J connectivity index is 2.67. The summed E-state index contributed by atoms with van der Waals surface area (Å²) in [7, 11) is -3.65. The minimum Gasteiger partial charge on any atom is -0.480 e. The van der Waals surface area contributed by atoms with E-state index in [2.05, 4.69) is 4.90 Å². The maximum absolute atomic E-state index is 12.0. The second-order valence-corrected chi connectivity index (χ2v) is 6.68. The molecule has 1 aliphatic heterocycles. The first-order valence-electron chi connectivity index (χ1n) is 6.19. The summed E-state index contributed by atoms with van der Waals surface area (Å²) in [5, 5.41) is 7.58. The molecule has 0 aromatic carbocycles. The molecule has 7 heteroatoms. The smallest absolute Gasteiger partial charge is 0.321 e. The van der Waals surface area contributed by atoms with E-state index in [1.807, 2.05) is 6.92 Å². The number of nitrogens with zero attached hydrogens (tertiary/aromatic N) is 1. The van der Waals surface area contributed by atoms with E-state index in [0.717, 1.165) is 13.1 Å². The van der Waals surface area contributed by atoms with Gasteiger partial charge in [0.05, 0.1) is 18.5 Å². The van der Waals surface area contributed by atoms with Gasteiger partial charge in [-0.05, 0) is 13.0 Å². The number of hydrogen-bond donors (Lipinski definition) is 1. The molecule has 1 N–H and O–H groups in total. The lowest BCUT2D eigenvalue weighted by Crippen LogP contribution is -2.47. The molecule has 2 atom stereocenters. The van der Waals surface area contributed by atoms with Gasteiger partial charge in [-0.1, -0.05) is 13.8 Å². The molecule has 1 fully saturated rings. The summed E-state index contributed by atoms with van der Waals surface area (Å²) < 4.78 is 29.4. The van der Waals surface area contributed by atoms with Gasteiger partial charge in [0.1, 0.15) is 0 Å². The van der Waals surface area contributed by atoms with Crippen molar-refractivity contribution >= 4 is 15.8 Å². The number of hydrogen-bond acceptors (Lipinski definition) is 5. The van der Waals surface area contributed by atoms with Crippen LogP contribution in [0.25, 0.3) is 0 Å². The summed E-state index contributed by atoms with van der Waals surface area (Å²) in [5.74, 6) is -1.49. The quantitative estimate of drug-likeness (QED) is 0.736. The average molecular weight is 279 g/mol. The van der Waals surface area contributed by atoms with E-state index in [9.17, 15) is 13.2 Å². The Morgan fingerprint density at radius 1 is 1.50 bits per heavy atom. The van der Waals surface area contributed by atoms with Crippen molar-refractivity contribution in [2.45, 2.75) is 31.6 Å². The van der Waals surface area contributed by atoms with Gasteiger partial charge in [-0.15, -0.1) is 0 Å². The molecule has 1 saturated heterocycles. The predicted octanol–water partition coefficient (Wildman–Crippen LogP) is -0.0149. The highest BCUT2D eigenvalue weighted by Gasteiger charge is 2.34. The molecule has 0 amide bonds. The molecule has 1 rings (SSSR count). The van der Waals surface area contributed by atoms with Crippen LogP contribution in [0.15, 0.2) is 0 Å². The monoisotopic (exact) mass is 279 g/mol. The molecule has 6 nitrogen and oxygen atoms in total. The Labute approximate surface area is 108 Å². The summed E-state index contributed by atoms with van der Waals surface area (Å²) in [4.78, 5) is 13.0. The summed E-state index contributed by atoms with van der Waals surface area (Å²) in [5.41, 5.74) is 0. The average Bonchev–Trinajstić information content (AvgIpc) is 2.28. The maximum atomic E-state index is 12.0. The fourth-order valence-electron chi connectivity index (χ4n) is 2.13. The number of carbonyl (C=O) groups is 1. The molecular weight excluding hydrogens is 258 g/mol. The number of carboxylic acid groups (broad SMARTS) is 1. The normalized spacial score (nSPS) is 23.8. The molecule has 2 unspecified atom stereocenters. The number of morpholine rings is 1. The predicted molar refractivity (Wildman–Crippen MR) is 67.4 cm³/mol. The van der Waals surface area contributed by atoms with Crippen LogP contribution in [-0.2, 0) is 19.4 Å². The topological polar surface area (TPSA) is 83.9 Å². The molecular formula is C11H21NO5S. The zero-order chi connectivity index (χ0) is 13.8. The van der Waals surface area contributed by atoms with Gasteiger partial charge in [0.25, 0.3) is 0 Å². The Kier molecular flexibility index (Phi) is 5.55. The summed E-state index contributed by atoms with van der Waals surface area (Å²) in [6.07, 6.45) is -0.334. The van der Waals surface area contributed by atoms with Crippen LogP contribution >= 0.6 is 0 Å². The third-order valence-electron chi connectivity index (χ3n) is 3.17. The molecule has 106 valence electrons. The zero-order valence-electron chi connectivity index (χ0n) is 10.8. The van der Waals surface area contributed by atoms with Crippen LogP contribution < -0.4 is 0 Å². The van der Waals surface area contributed by atoms with E-state index in [0.29, 0.717) is 13.2 Å². The van der Waals surface area contributed by atoms with Crippen LogP contribution in [0, 0.1) is 0 Å². The molecule has 1 aliphatic rings. The first-order valence-corrected chi connectivity index (χ1v) is 7.90. The Hall–Kier alpha value is -0.660. The first-order chi connectivity index (χ1) is 8.40. The maximum Gasteiger partial charge on any atom is 0.321 e. The number of likely N-dealkylation sites (N-methyl/N-ethyl adjacent to an activating group) is 1. The van der Waals surface area contributed by atoms with Gasteiger partial charge in [-0.3, -0.25) is 9.69 Å². The lowest BCUT2D eigenvalue weighted by Gasteiger charge is -2.32. The van der Waals surface area contributed by atoms with Crippen molar-refractivity contribution in [1.29, 1.82) is 0 Å². The summed E-state index contributed by atoms with van der Waals surface area (Å²) >= 11 is 0. The molecule has 0 radical (unpaired) electrons. The van der Waals surface area contributed by atoms with Crippen LogP contribution in [0.5, 0.6) is 0 Å². The number of carboxylic acids is 1. The van der Waals surface area contributed by atoms with Gasteiger partial charge < -0.3 is 9.84 Å². The van der Waals surface area contributed by atoms with E-state index in [1.54, 1.807) is 6.92 Å². The van der Waals surface area contributed by atoms with Gasteiger partial charge in [0, 0.05) is 13.1 Å². The van der Waals surface area contributed by atoms with Crippen LogP contribution in [0.3, 0.4) is 0 Å². The number of rotatable bonds is 6. The van der Waals surface area contributed by atoms with E-state index in [-0.39, 0.29) is 12.2 Å². The Morgan fingerprint density at radius 3 is 2.67 bits per heavy atom. The van der Waals surface area contributed by atoms with Crippen molar-refractivity contribution in [3.05, 3.63) is 0 Å². The van der Waals surface area contributed by atoms with Crippen molar-refractivity contribution in [2.75, 3.05) is 32.0 Å². The summed E-state index contributed by atoms with van der Waals surface area (Å²) in [6.45, 7) is 6.25. The molecule has 1 heterocycles. The van der Waals surface area contributed by atoms with Crippen molar-refractivity contribution in [2.24, 2.45) is 0 Å². The van der Waals surface area contributed by atoms with Gasteiger partial charge >= 0.3 is 5.97 Å². The van der Waals surface area contributed by atoms with Crippen LogP contribution in [0.1, 0.15) is 20.3 Å². The largest absolute Gasteiger partial charge is 0.480 e. The molecule has 0 bridgehead atoms. The van der Waals surface area contributed by atoms with Crippen molar-refractivity contribution in [3.63, 3.8) is 0 Å². The Morgan fingerprint density at radius 2 is 2.17 bits per heavy atom. The van der Waals surface area contributed by atoms with Crippen molar-refractivity contribution in [1.82, 2.24) is 4.90 Å². The zero-order valence-corrected chi connectivity index (χ0v) is 11.6. The fourth-order valence-corrected chi connectivity index (χ4v) is 3.89. The number of aliphatic carboxylic acids is 1. The van der Waals surface area contributed by atoms with Crippen molar-refractivity contribution < 1.29 is 23.1 Å². The first kappa shape index (κ1) is 15.4. The van der Waals surface area contributed by atoms with Crippen LogP contribution in [0.2, 0.25) is 0 Å². The van der Waals surface area contributed by atoms with Crippen LogP contribution in [-0.4, -0.2) is 67.7 Å². The van der Waals surface area contributed by atoms with Gasteiger partial charge in [0.15, 0.2) is 15.1 Å². The minimum absolute atomic E-state index is 0.0852. The van der Waals surface area contributed by atoms with Crippen molar-refractivity contribution in [3.8, 4) is 0 Å². The van der Waals surface area contributed by atoms with Crippen LogP contribution in [0.4, 0.5) is 0 Å². The lowest BCUT2D eigenvalue weighted by atomic mass is 10.3. The standard InChI is InChI=1S/C11H21NO5S/c1-3-10(11(13)14)18(15,16)8-9-7-12(4-2)5-6-17-9/h9-10H,3-8H2,1-2H3,(H,13,14). The molecule has 0 spiro atoms. The van der Waals surface area contributed by atoms with Gasteiger partial charge in [0.2, 0.25) is 0 Å². The SMILES string of the molecule is CCC(C(=O)O)S(=O)(=O)CC1CN(CC)CCO1. The third kappa shape index (κ3) is 3.93. The summed E-state index contributed by atoms with van der Waals surface area (Å²) in [6, 6.07) is 0. The molecule has 0 aromatic rings. The second kappa shape index (κ2) is 6.49. The Bertz CT molecular complexity index is 381. The van der Waals surface area contributed by atoms with Gasteiger partial charge in [-0.2, -0.15) is 0 Å². The van der Waals surface area contributed by atoms with E-state index in [1.165, 1.54) is 0 Å². The van der Waals surface area contributed by atoms with E-state index >= 15 is 0 Å². The second-order valence-electron chi connectivity index (χ2n) is 4.45. The molecule has 0 aromatic heterocycles. The third-order valence-corrected chi connectivity index (χ3v) is 5.41. The minimum atomic E-state index is -3.65. The lowest BCUT2D eigenvalue weighted by molar-refractivity contribution is -0.136. The number of sulfone groups is 1. The highest BCUT2D eigenvalue weighted by Crippen LogP contribution is 2.13. The number of ether oxygens (including phenoxy) is 1. The highest BCUT2D eigenvalue weighted by atomic mass is 32.2. The van der Waals surface area contributed by atoms with E-state index < -0.39 is 27.2 Å².